The van der Waals surface area contributed by atoms with Crippen LogP contribution >= 0.6 is 11.8 Å². The molecule has 0 radical (unpaired) electrons. The lowest BCUT2D eigenvalue weighted by molar-refractivity contribution is -0.143. The van der Waals surface area contributed by atoms with Crippen LogP contribution in [0.15, 0.2) is 29.7 Å². The first-order chi connectivity index (χ1) is 13.5. The Morgan fingerprint density at radius 3 is 2.64 bits per heavy atom. The lowest BCUT2D eigenvalue weighted by Gasteiger charge is -2.24. The van der Waals surface area contributed by atoms with E-state index < -0.39 is 6.04 Å². The molecule has 3 N–H and O–H groups in total. The molecule has 1 aromatic carbocycles. The Hall–Kier alpha value is -1.62. The molecule has 0 saturated heterocycles. The van der Waals surface area contributed by atoms with Crippen molar-refractivity contribution < 1.29 is 9.53 Å². The van der Waals surface area contributed by atoms with Crippen molar-refractivity contribution >= 4 is 29.1 Å². The second-order valence-corrected chi connectivity index (χ2v) is 9.14. The van der Waals surface area contributed by atoms with Crippen molar-refractivity contribution in [3.05, 3.63) is 30.3 Å². The monoisotopic (exact) mass is 404 g/mol. The van der Waals surface area contributed by atoms with Gasteiger partial charge < -0.3 is 15.8 Å². The second kappa shape index (κ2) is 11.4. The van der Waals surface area contributed by atoms with Crippen LogP contribution in [0.25, 0.3) is 5.70 Å². The molecule has 1 aromatic rings. The summed E-state index contributed by atoms with van der Waals surface area (Å²) in [6.45, 7) is 8.49. The highest BCUT2D eigenvalue weighted by Crippen LogP contribution is 2.36. The van der Waals surface area contributed by atoms with E-state index in [1.165, 1.54) is 37.7 Å². The molecule has 2 unspecified atom stereocenters. The van der Waals surface area contributed by atoms with E-state index in [1.807, 2.05) is 23.9 Å². The van der Waals surface area contributed by atoms with Crippen molar-refractivity contribution in [2.75, 3.05) is 12.8 Å². The maximum atomic E-state index is 12.3. The van der Waals surface area contributed by atoms with Gasteiger partial charge in [-0.05, 0) is 43.4 Å². The summed E-state index contributed by atoms with van der Waals surface area (Å²) in [5.74, 6) is 0.236. The van der Waals surface area contributed by atoms with Crippen molar-refractivity contribution in [2.45, 2.75) is 81.4 Å². The van der Waals surface area contributed by atoms with E-state index in [-0.39, 0.29) is 5.97 Å². The molecule has 0 aromatic heterocycles. The van der Waals surface area contributed by atoms with Gasteiger partial charge >= 0.3 is 5.97 Å². The number of esters is 1. The normalized spacial score (nSPS) is 16.5. The Morgan fingerprint density at radius 2 is 2.07 bits per heavy atom. The zero-order valence-corrected chi connectivity index (χ0v) is 18.4. The van der Waals surface area contributed by atoms with E-state index in [9.17, 15) is 4.79 Å². The number of anilines is 1. The molecular formula is C23H36N2O2S. The maximum absolute atomic E-state index is 12.3. The van der Waals surface area contributed by atoms with Crippen LogP contribution in [0.3, 0.4) is 0 Å². The molecule has 0 spiro atoms. The molecule has 5 heteroatoms. The summed E-state index contributed by atoms with van der Waals surface area (Å²) < 4.78 is 5.02. The molecule has 1 aliphatic carbocycles. The van der Waals surface area contributed by atoms with Crippen molar-refractivity contribution in [1.29, 1.82) is 0 Å². The van der Waals surface area contributed by atoms with Gasteiger partial charge in [-0.2, -0.15) is 0 Å². The molecule has 1 saturated carbocycles. The van der Waals surface area contributed by atoms with E-state index in [4.69, 9.17) is 10.5 Å². The standard InChI is InChI=1S/C23H36N2O2S/c1-5-9-17(6-2)14-22(23(26)27-4)25-16(3)20-13-12-19(15-21(20)24)28-18-10-7-8-11-18/h12-13,15,17-18,22,25H,3,5-11,14,24H2,1-2,4H3. The molecule has 0 amide bonds. The predicted molar refractivity (Wildman–Crippen MR) is 120 cm³/mol. The number of nitrogens with two attached hydrogens (primary N) is 1. The number of nitrogens with one attached hydrogen (secondary N) is 1. The van der Waals surface area contributed by atoms with Gasteiger partial charge in [0.25, 0.3) is 0 Å². The number of thioether (sulfide) groups is 1. The fourth-order valence-corrected chi connectivity index (χ4v) is 5.26. The van der Waals surface area contributed by atoms with E-state index in [2.05, 4.69) is 31.8 Å². The minimum Gasteiger partial charge on any atom is -0.467 e. The van der Waals surface area contributed by atoms with Gasteiger partial charge in [-0.15, -0.1) is 11.8 Å². The highest BCUT2D eigenvalue weighted by atomic mass is 32.2. The number of rotatable bonds is 11. The molecule has 156 valence electrons. The number of benzene rings is 1. The van der Waals surface area contributed by atoms with E-state index in [0.29, 0.717) is 22.6 Å². The lowest BCUT2D eigenvalue weighted by Crippen LogP contribution is -2.38. The summed E-state index contributed by atoms with van der Waals surface area (Å²) in [6, 6.07) is 5.76. The van der Waals surface area contributed by atoms with Crippen LogP contribution in [0.4, 0.5) is 5.69 Å². The smallest absolute Gasteiger partial charge is 0.328 e. The summed E-state index contributed by atoms with van der Waals surface area (Å²) in [4.78, 5) is 13.5. The first-order valence-corrected chi connectivity index (χ1v) is 11.5. The number of hydrogen-bond acceptors (Lipinski definition) is 5. The number of methoxy groups -OCH3 is 1. The Bertz CT molecular complexity index is 656. The Balaban J connectivity index is 2.05. The number of ether oxygens (including phenoxy) is 1. The van der Waals surface area contributed by atoms with Crippen LogP contribution in [0.2, 0.25) is 0 Å². The Kier molecular flexibility index (Phi) is 9.23. The van der Waals surface area contributed by atoms with Gasteiger partial charge in [-0.3, -0.25) is 0 Å². The van der Waals surface area contributed by atoms with Crippen LogP contribution in [-0.4, -0.2) is 24.4 Å². The van der Waals surface area contributed by atoms with Gasteiger partial charge in [-0.1, -0.05) is 52.5 Å². The van der Waals surface area contributed by atoms with Crippen LogP contribution in [-0.2, 0) is 9.53 Å². The predicted octanol–water partition coefficient (Wildman–Crippen LogP) is 5.62. The van der Waals surface area contributed by atoms with Crippen LogP contribution in [0.5, 0.6) is 0 Å². The second-order valence-electron chi connectivity index (χ2n) is 7.77. The summed E-state index contributed by atoms with van der Waals surface area (Å²) in [6.07, 6.45) is 9.24. The van der Waals surface area contributed by atoms with Crippen LogP contribution < -0.4 is 11.1 Å². The minimum absolute atomic E-state index is 0.248. The zero-order chi connectivity index (χ0) is 20.5. The third-order valence-corrected chi connectivity index (χ3v) is 6.96. The average molecular weight is 405 g/mol. The number of carbonyl (C=O) groups excluding carboxylic acids is 1. The molecule has 28 heavy (non-hydrogen) atoms. The number of carbonyl (C=O) groups is 1. The molecule has 4 nitrogen and oxygen atoms in total. The highest BCUT2D eigenvalue weighted by molar-refractivity contribution is 8.00. The largest absolute Gasteiger partial charge is 0.467 e. The molecule has 0 aliphatic heterocycles. The van der Waals surface area contributed by atoms with E-state index >= 15 is 0 Å². The summed E-state index contributed by atoms with van der Waals surface area (Å²) in [5, 5.41) is 3.99. The van der Waals surface area contributed by atoms with Gasteiger partial charge in [0, 0.05) is 27.1 Å². The fourth-order valence-electron chi connectivity index (χ4n) is 3.96. The highest BCUT2D eigenvalue weighted by Gasteiger charge is 2.24. The van der Waals surface area contributed by atoms with Gasteiger partial charge in [-0.25, -0.2) is 4.79 Å². The molecule has 0 bridgehead atoms. The van der Waals surface area contributed by atoms with E-state index in [1.54, 1.807) is 0 Å². The van der Waals surface area contributed by atoms with Crippen LogP contribution in [0, 0.1) is 5.92 Å². The minimum atomic E-state index is -0.402. The topological polar surface area (TPSA) is 64.3 Å². The van der Waals surface area contributed by atoms with Crippen molar-refractivity contribution in [3.63, 3.8) is 0 Å². The molecule has 1 fully saturated rings. The first-order valence-electron chi connectivity index (χ1n) is 10.6. The lowest BCUT2D eigenvalue weighted by atomic mass is 9.92. The zero-order valence-electron chi connectivity index (χ0n) is 17.6. The Labute approximate surface area is 174 Å². The molecule has 2 atom stereocenters. The quantitative estimate of drug-likeness (QED) is 0.370. The fraction of sp³-hybridized carbons (Fsp3) is 0.609. The molecule has 1 aliphatic rings. The first kappa shape index (κ1) is 22.7. The molecule has 2 rings (SSSR count). The SMILES string of the molecule is C=C(NC(CC(CC)CCC)C(=O)OC)c1ccc(SC2CCCC2)cc1N. The van der Waals surface area contributed by atoms with Crippen LogP contribution in [0.1, 0.15) is 70.8 Å². The average Bonchev–Trinajstić information content (AvgIpc) is 3.19. The third-order valence-electron chi connectivity index (χ3n) is 5.63. The van der Waals surface area contributed by atoms with Crippen molar-refractivity contribution in [2.24, 2.45) is 5.92 Å². The molecular weight excluding hydrogens is 368 g/mol. The summed E-state index contributed by atoms with van der Waals surface area (Å²) >= 11 is 1.92. The summed E-state index contributed by atoms with van der Waals surface area (Å²) in [7, 11) is 1.43. The summed E-state index contributed by atoms with van der Waals surface area (Å²) in [5.41, 5.74) is 8.56. The maximum Gasteiger partial charge on any atom is 0.328 e. The van der Waals surface area contributed by atoms with Gasteiger partial charge in [0.2, 0.25) is 0 Å². The van der Waals surface area contributed by atoms with Gasteiger partial charge in [0.05, 0.1) is 7.11 Å². The number of hydrogen-bond donors (Lipinski definition) is 2. The number of nitrogen functional groups attached to an aromatic ring is 1. The Morgan fingerprint density at radius 1 is 1.36 bits per heavy atom. The third kappa shape index (κ3) is 6.47. The van der Waals surface area contributed by atoms with Crippen molar-refractivity contribution in [1.82, 2.24) is 5.32 Å². The molecule has 0 heterocycles. The van der Waals surface area contributed by atoms with Crippen molar-refractivity contribution in [3.8, 4) is 0 Å². The van der Waals surface area contributed by atoms with E-state index in [0.717, 1.165) is 31.2 Å². The van der Waals surface area contributed by atoms with Gasteiger partial charge in [0.15, 0.2) is 0 Å². The van der Waals surface area contributed by atoms with Gasteiger partial charge in [0.1, 0.15) is 6.04 Å².